The maximum atomic E-state index is 12.6. The number of imidazole rings is 1. The number of rotatable bonds is 5. The molecule has 1 fully saturated rings. The van der Waals surface area contributed by atoms with E-state index in [-0.39, 0.29) is 23.7 Å². The van der Waals surface area contributed by atoms with Gasteiger partial charge in [-0.25, -0.2) is 15.0 Å². The molecule has 0 bridgehead atoms. The quantitative estimate of drug-likeness (QED) is 0.461. The second-order valence-corrected chi connectivity index (χ2v) is 9.02. The lowest BCUT2D eigenvalue weighted by atomic mass is 10.1. The van der Waals surface area contributed by atoms with Crippen molar-refractivity contribution in [3.8, 4) is 11.3 Å². The van der Waals surface area contributed by atoms with Gasteiger partial charge in [-0.2, -0.15) is 0 Å². The number of anilines is 2. The van der Waals surface area contributed by atoms with Gasteiger partial charge in [0.1, 0.15) is 28.7 Å². The van der Waals surface area contributed by atoms with Crippen LogP contribution < -0.4 is 11.1 Å². The number of amides is 2. The average Bonchev–Trinajstić information content (AvgIpc) is 3.50. The number of carbonyl (C=O) groups is 2. The van der Waals surface area contributed by atoms with Crippen LogP contribution in [0.25, 0.3) is 16.8 Å². The zero-order chi connectivity index (χ0) is 24.5. The Hall–Kier alpha value is -4.27. The molecule has 0 saturated carbocycles. The number of aromatic nitrogens is 4. The third-order valence-electron chi connectivity index (χ3n) is 6.30. The van der Waals surface area contributed by atoms with Gasteiger partial charge in [-0.1, -0.05) is 32.0 Å². The monoisotopic (exact) mass is 469 g/mol. The number of nitrogen functional groups attached to an aromatic ring is 1. The van der Waals surface area contributed by atoms with Crippen molar-refractivity contribution in [3.05, 3.63) is 72.4 Å². The molecule has 0 aliphatic carbocycles. The van der Waals surface area contributed by atoms with Gasteiger partial charge in [0.25, 0.3) is 5.91 Å². The van der Waals surface area contributed by atoms with Crippen LogP contribution in [-0.4, -0.2) is 49.2 Å². The number of nitrogens with one attached hydrogen (secondary N) is 1. The maximum absolute atomic E-state index is 12.6. The first-order valence-corrected chi connectivity index (χ1v) is 11.7. The van der Waals surface area contributed by atoms with Crippen LogP contribution in [0.2, 0.25) is 0 Å². The van der Waals surface area contributed by atoms with Gasteiger partial charge in [-0.3, -0.25) is 14.0 Å². The molecule has 4 aromatic rings. The number of benzene rings is 1. The van der Waals surface area contributed by atoms with Gasteiger partial charge in [0.2, 0.25) is 5.91 Å². The van der Waals surface area contributed by atoms with E-state index in [1.165, 1.54) is 0 Å². The Bertz CT molecular complexity index is 1380. The molecular weight excluding hydrogens is 442 g/mol. The highest BCUT2D eigenvalue weighted by Crippen LogP contribution is 2.34. The van der Waals surface area contributed by atoms with Crippen molar-refractivity contribution in [2.24, 2.45) is 5.92 Å². The van der Waals surface area contributed by atoms with Crippen molar-refractivity contribution in [1.29, 1.82) is 0 Å². The van der Waals surface area contributed by atoms with Gasteiger partial charge in [-0.15, -0.1) is 0 Å². The van der Waals surface area contributed by atoms with Crippen molar-refractivity contribution in [3.63, 3.8) is 0 Å². The molecule has 0 radical (unpaired) electrons. The van der Waals surface area contributed by atoms with E-state index in [9.17, 15) is 9.59 Å². The number of hydrogen-bond acceptors (Lipinski definition) is 6. The Kier molecular flexibility index (Phi) is 5.90. The highest BCUT2D eigenvalue weighted by Gasteiger charge is 2.32. The van der Waals surface area contributed by atoms with Crippen molar-refractivity contribution >= 4 is 29.0 Å². The Morgan fingerprint density at radius 1 is 1.09 bits per heavy atom. The van der Waals surface area contributed by atoms with Crippen LogP contribution in [0.15, 0.2) is 61.1 Å². The summed E-state index contributed by atoms with van der Waals surface area (Å²) in [6.45, 7) is 5.19. The first-order valence-electron chi connectivity index (χ1n) is 11.7. The van der Waals surface area contributed by atoms with Gasteiger partial charge >= 0.3 is 0 Å². The summed E-state index contributed by atoms with van der Waals surface area (Å²) < 4.78 is 1.98. The van der Waals surface area contributed by atoms with Gasteiger partial charge in [0.05, 0.1) is 0 Å². The number of carbonyl (C=O) groups excluding carboxylic acids is 2. The number of nitrogens with zero attached hydrogens (tertiary/aromatic N) is 5. The summed E-state index contributed by atoms with van der Waals surface area (Å²) in [4.78, 5) is 40.4. The SMILES string of the molecule is CC(C)C(=O)N1CCC(c2nc(-c3ccc(C(=O)Nc4ccccn4)cc3)c3c(N)nccn23)C1. The number of fused-ring (bicyclic) bond motifs is 1. The molecule has 1 aromatic carbocycles. The maximum Gasteiger partial charge on any atom is 0.256 e. The Morgan fingerprint density at radius 3 is 2.60 bits per heavy atom. The second kappa shape index (κ2) is 9.17. The number of likely N-dealkylation sites (tertiary alicyclic amines) is 1. The zero-order valence-electron chi connectivity index (χ0n) is 19.7. The molecule has 178 valence electrons. The van der Waals surface area contributed by atoms with Crippen LogP contribution in [0.1, 0.15) is 42.4 Å². The Morgan fingerprint density at radius 2 is 1.89 bits per heavy atom. The summed E-state index contributed by atoms with van der Waals surface area (Å²) in [7, 11) is 0. The minimum Gasteiger partial charge on any atom is -0.382 e. The van der Waals surface area contributed by atoms with Crippen LogP contribution in [0.3, 0.4) is 0 Å². The summed E-state index contributed by atoms with van der Waals surface area (Å²) >= 11 is 0. The van der Waals surface area contributed by atoms with Crippen LogP contribution in [0.4, 0.5) is 11.6 Å². The summed E-state index contributed by atoms with van der Waals surface area (Å²) in [5.41, 5.74) is 9.04. The van der Waals surface area contributed by atoms with Gasteiger partial charge < -0.3 is 16.0 Å². The molecule has 3 aromatic heterocycles. The first kappa shape index (κ1) is 22.5. The molecule has 3 N–H and O–H groups in total. The van der Waals surface area contributed by atoms with E-state index in [4.69, 9.17) is 10.7 Å². The smallest absolute Gasteiger partial charge is 0.256 e. The average molecular weight is 470 g/mol. The highest BCUT2D eigenvalue weighted by atomic mass is 16.2. The minimum atomic E-state index is -0.243. The molecule has 2 amide bonds. The van der Waals surface area contributed by atoms with Crippen molar-refractivity contribution < 1.29 is 9.59 Å². The molecule has 5 rings (SSSR count). The van der Waals surface area contributed by atoms with Gasteiger partial charge in [-0.05, 0) is 30.7 Å². The molecule has 0 spiro atoms. The molecule has 1 saturated heterocycles. The lowest BCUT2D eigenvalue weighted by Crippen LogP contribution is -2.32. The molecule has 9 nitrogen and oxygen atoms in total. The minimum absolute atomic E-state index is 0.0328. The molecule has 1 aliphatic rings. The Labute approximate surface area is 203 Å². The van der Waals surface area contributed by atoms with Crippen molar-refractivity contribution in [1.82, 2.24) is 24.3 Å². The van der Waals surface area contributed by atoms with E-state index in [0.29, 0.717) is 36.0 Å². The first-order chi connectivity index (χ1) is 16.9. The van der Waals surface area contributed by atoms with E-state index >= 15 is 0 Å². The standard InChI is InChI=1S/C26H27N7O2/c1-16(2)26(35)32-13-10-19(15-32)24-31-21(22-23(27)29-12-14-33(22)24)17-6-8-18(9-7-17)25(34)30-20-5-3-4-11-28-20/h3-9,11-12,14,16,19H,10,13,15H2,1-2H3,(H2,27,29)(H,28,30,34). The topological polar surface area (TPSA) is 119 Å². The summed E-state index contributed by atoms with van der Waals surface area (Å²) in [5, 5.41) is 2.79. The summed E-state index contributed by atoms with van der Waals surface area (Å²) in [5.74, 6) is 1.72. The molecule has 35 heavy (non-hydrogen) atoms. The Balaban J connectivity index is 1.45. The van der Waals surface area contributed by atoms with E-state index in [1.54, 1.807) is 36.7 Å². The van der Waals surface area contributed by atoms with Gasteiger partial charge in [0, 0.05) is 54.6 Å². The molecule has 1 atom stereocenters. The third-order valence-corrected chi connectivity index (χ3v) is 6.30. The second-order valence-electron chi connectivity index (χ2n) is 9.02. The van der Waals surface area contributed by atoms with E-state index in [0.717, 1.165) is 23.3 Å². The van der Waals surface area contributed by atoms with Crippen LogP contribution in [0.5, 0.6) is 0 Å². The summed E-state index contributed by atoms with van der Waals surface area (Å²) in [6, 6.07) is 12.6. The molecule has 1 aliphatic heterocycles. The lowest BCUT2D eigenvalue weighted by Gasteiger charge is -2.18. The zero-order valence-corrected chi connectivity index (χ0v) is 19.7. The van der Waals surface area contributed by atoms with Crippen LogP contribution in [-0.2, 0) is 4.79 Å². The molecule has 1 unspecified atom stereocenters. The van der Waals surface area contributed by atoms with Crippen LogP contribution in [0, 0.1) is 5.92 Å². The predicted molar refractivity (Wildman–Crippen MR) is 134 cm³/mol. The molecule has 4 heterocycles. The van der Waals surface area contributed by atoms with Crippen molar-refractivity contribution in [2.45, 2.75) is 26.2 Å². The van der Waals surface area contributed by atoms with E-state index < -0.39 is 0 Å². The number of hydrogen-bond donors (Lipinski definition) is 2. The fourth-order valence-corrected chi connectivity index (χ4v) is 4.52. The van der Waals surface area contributed by atoms with Crippen molar-refractivity contribution in [2.75, 3.05) is 24.1 Å². The van der Waals surface area contributed by atoms with Crippen LogP contribution >= 0.6 is 0 Å². The molecular formula is C26H27N7O2. The van der Waals surface area contributed by atoms with E-state index in [1.807, 2.05) is 47.5 Å². The van der Waals surface area contributed by atoms with Gasteiger partial charge in [0.15, 0.2) is 0 Å². The fourth-order valence-electron chi connectivity index (χ4n) is 4.52. The lowest BCUT2D eigenvalue weighted by molar-refractivity contribution is -0.133. The van der Waals surface area contributed by atoms with E-state index in [2.05, 4.69) is 15.3 Å². The predicted octanol–water partition coefficient (Wildman–Crippen LogP) is 3.60. The fraction of sp³-hybridized carbons (Fsp3) is 0.269. The number of pyridine rings is 1. The normalized spacial score (nSPS) is 15.6. The largest absolute Gasteiger partial charge is 0.382 e. The molecule has 9 heteroatoms. The third kappa shape index (κ3) is 4.32. The summed E-state index contributed by atoms with van der Waals surface area (Å²) in [6.07, 6.45) is 5.99. The number of nitrogens with two attached hydrogens (primary N) is 1. The highest BCUT2D eigenvalue weighted by molar-refractivity contribution is 6.04.